The van der Waals surface area contributed by atoms with E-state index in [9.17, 15) is 0 Å². The van der Waals surface area contributed by atoms with Crippen LogP contribution >= 0.6 is 0 Å². The van der Waals surface area contributed by atoms with Gasteiger partial charge in [-0.1, -0.05) is 13.3 Å². The van der Waals surface area contributed by atoms with E-state index in [2.05, 4.69) is 35.9 Å². The summed E-state index contributed by atoms with van der Waals surface area (Å²) in [6.07, 6.45) is 2.63. The van der Waals surface area contributed by atoms with Gasteiger partial charge < -0.3 is 5.32 Å². The number of hydrogen-bond acceptors (Lipinski definition) is 3. The zero-order valence-electron chi connectivity index (χ0n) is 11.6. The summed E-state index contributed by atoms with van der Waals surface area (Å²) in [6, 6.07) is 0. The average molecular weight is 227 g/mol. The topological polar surface area (TPSA) is 18.5 Å². The van der Waals surface area contributed by atoms with Crippen molar-refractivity contribution in [2.45, 2.75) is 39.2 Å². The van der Waals surface area contributed by atoms with E-state index in [0.717, 1.165) is 6.54 Å². The summed E-state index contributed by atoms with van der Waals surface area (Å²) < 4.78 is 0. The average Bonchev–Trinajstić information content (AvgIpc) is 2.24. The summed E-state index contributed by atoms with van der Waals surface area (Å²) in [4.78, 5) is 5.24. The van der Waals surface area contributed by atoms with Gasteiger partial charge in [0.15, 0.2) is 0 Å². The molecule has 1 saturated heterocycles. The lowest BCUT2D eigenvalue weighted by atomic mass is 9.98. The molecule has 0 aromatic heterocycles. The van der Waals surface area contributed by atoms with Gasteiger partial charge in [-0.25, -0.2) is 0 Å². The molecule has 16 heavy (non-hydrogen) atoms. The van der Waals surface area contributed by atoms with Crippen LogP contribution in [0.25, 0.3) is 0 Å². The molecule has 0 aromatic carbocycles. The van der Waals surface area contributed by atoms with Crippen molar-refractivity contribution in [3.8, 4) is 0 Å². The zero-order valence-corrected chi connectivity index (χ0v) is 11.6. The quantitative estimate of drug-likeness (QED) is 0.740. The highest BCUT2D eigenvalue weighted by Crippen LogP contribution is 2.20. The minimum absolute atomic E-state index is 0.348. The van der Waals surface area contributed by atoms with Gasteiger partial charge in [-0.15, -0.1) is 0 Å². The zero-order chi connectivity index (χ0) is 12.0. The number of likely N-dealkylation sites (N-methyl/N-ethyl adjacent to an activating group) is 1. The summed E-state index contributed by atoms with van der Waals surface area (Å²) in [6.45, 7) is 14.3. The molecule has 0 amide bonds. The third-order valence-electron chi connectivity index (χ3n) is 3.61. The van der Waals surface area contributed by atoms with Gasteiger partial charge in [-0.2, -0.15) is 0 Å². The van der Waals surface area contributed by atoms with Gasteiger partial charge in [0, 0.05) is 38.3 Å². The minimum atomic E-state index is 0.348. The summed E-state index contributed by atoms with van der Waals surface area (Å²) >= 11 is 0. The van der Waals surface area contributed by atoms with E-state index >= 15 is 0 Å². The highest BCUT2D eigenvalue weighted by Gasteiger charge is 2.32. The second kappa shape index (κ2) is 6.58. The largest absolute Gasteiger partial charge is 0.318 e. The molecule has 0 radical (unpaired) electrons. The van der Waals surface area contributed by atoms with Crippen LogP contribution in [0.3, 0.4) is 0 Å². The molecule has 0 spiro atoms. The Labute approximate surface area is 101 Å². The summed E-state index contributed by atoms with van der Waals surface area (Å²) in [5.41, 5.74) is 0.348. The summed E-state index contributed by atoms with van der Waals surface area (Å²) in [5.74, 6) is 0. The Morgan fingerprint density at radius 1 is 1.19 bits per heavy atom. The van der Waals surface area contributed by atoms with E-state index in [-0.39, 0.29) is 0 Å². The van der Waals surface area contributed by atoms with Gasteiger partial charge in [0.2, 0.25) is 0 Å². The van der Waals surface area contributed by atoms with Crippen LogP contribution in [0, 0.1) is 0 Å². The Kier molecular flexibility index (Phi) is 5.73. The van der Waals surface area contributed by atoms with Gasteiger partial charge in [-0.05, 0) is 33.9 Å². The molecule has 3 nitrogen and oxygen atoms in total. The van der Waals surface area contributed by atoms with E-state index in [1.807, 2.05) is 7.05 Å². The second-order valence-corrected chi connectivity index (χ2v) is 5.53. The minimum Gasteiger partial charge on any atom is -0.318 e. The maximum atomic E-state index is 3.23. The van der Waals surface area contributed by atoms with Crippen molar-refractivity contribution < 1.29 is 0 Å². The Hall–Kier alpha value is -0.120. The fraction of sp³-hybridized carbons (Fsp3) is 1.00. The molecule has 1 aliphatic heterocycles. The van der Waals surface area contributed by atoms with Crippen LogP contribution in [0.4, 0.5) is 0 Å². The van der Waals surface area contributed by atoms with Crippen molar-refractivity contribution >= 4 is 0 Å². The molecule has 0 atom stereocenters. The van der Waals surface area contributed by atoms with Crippen molar-refractivity contribution in [3.05, 3.63) is 0 Å². The lowest BCUT2D eigenvalue weighted by molar-refractivity contribution is 0.0198. The van der Waals surface area contributed by atoms with E-state index < -0.39 is 0 Å². The predicted molar refractivity (Wildman–Crippen MR) is 70.9 cm³/mol. The van der Waals surface area contributed by atoms with E-state index in [1.54, 1.807) is 0 Å². The first kappa shape index (κ1) is 13.9. The molecule has 0 aromatic rings. The summed E-state index contributed by atoms with van der Waals surface area (Å²) in [5, 5.41) is 3.23. The fourth-order valence-corrected chi connectivity index (χ4v) is 2.52. The number of hydrogen-bond donors (Lipinski definition) is 1. The Morgan fingerprint density at radius 3 is 2.50 bits per heavy atom. The molecule has 1 N–H and O–H groups in total. The maximum Gasteiger partial charge on any atom is 0.0280 e. The molecule has 3 heteroatoms. The molecule has 1 rings (SSSR count). The Balaban J connectivity index is 2.38. The van der Waals surface area contributed by atoms with Gasteiger partial charge in [0.1, 0.15) is 0 Å². The van der Waals surface area contributed by atoms with Crippen molar-refractivity contribution in [2.75, 3.05) is 46.3 Å². The van der Waals surface area contributed by atoms with Gasteiger partial charge in [-0.3, -0.25) is 9.80 Å². The second-order valence-electron chi connectivity index (χ2n) is 5.53. The van der Waals surface area contributed by atoms with Crippen molar-refractivity contribution in [3.63, 3.8) is 0 Å². The number of nitrogens with zero attached hydrogens (tertiary/aromatic N) is 2. The molecule has 0 unspecified atom stereocenters. The molecule has 1 aliphatic rings. The van der Waals surface area contributed by atoms with Gasteiger partial charge in [0.25, 0.3) is 0 Å². The number of rotatable bonds is 6. The van der Waals surface area contributed by atoms with Gasteiger partial charge in [0.05, 0.1) is 0 Å². The number of piperazine rings is 1. The molecule has 1 fully saturated rings. The SMILES string of the molecule is CCCCN1CCN(CCNC)CC1(C)C. The highest BCUT2D eigenvalue weighted by molar-refractivity contribution is 4.90. The van der Waals surface area contributed by atoms with E-state index in [0.29, 0.717) is 5.54 Å². The number of unbranched alkanes of at least 4 members (excludes halogenated alkanes) is 1. The molecular weight excluding hydrogens is 198 g/mol. The van der Waals surface area contributed by atoms with Crippen LogP contribution in [0.1, 0.15) is 33.6 Å². The van der Waals surface area contributed by atoms with Crippen LogP contribution < -0.4 is 5.32 Å². The Bertz CT molecular complexity index is 192. The number of nitrogens with one attached hydrogen (secondary N) is 1. The molecule has 0 aliphatic carbocycles. The maximum absolute atomic E-state index is 3.23. The standard InChI is InChI=1S/C13H29N3/c1-5-6-8-16-11-10-15(9-7-14-4)12-13(16,2)3/h14H,5-12H2,1-4H3. The van der Waals surface area contributed by atoms with E-state index in [1.165, 1.54) is 45.6 Å². The van der Waals surface area contributed by atoms with Crippen molar-refractivity contribution in [1.82, 2.24) is 15.1 Å². The smallest absolute Gasteiger partial charge is 0.0280 e. The monoisotopic (exact) mass is 227 g/mol. The van der Waals surface area contributed by atoms with Crippen molar-refractivity contribution in [1.29, 1.82) is 0 Å². The normalized spacial score (nSPS) is 22.5. The third-order valence-corrected chi connectivity index (χ3v) is 3.61. The first-order valence-electron chi connectivity index (χ1n) is 6.72. The first-order chi connectivity index (χ1) is 7.60. The predicted octanol–water partition coefficient (Wildman–Crippen LogP) is 1.40. The lowest BCUT2D eigenvalue weighted by Gasteiger charge is -2.47. The van der Waals surface area contributed by atoms with Crippen LogP contribution in [-0.2, 0) is 0 Å². The molecular formula is C13H29N3. The first-order valence-corrected chi connectivity index (χ1v) is 6.72. The third kappa shape index (κ3) is 4.04. The van der Waals surface area contributed by atoms with Crippen LogP contribution in [0.15, 0.2) is 0 Å². The molecule has 0 bridgehead atoms. The van der Waals surface area contributed by atoms with Crippen LogP contribution in [0.2, 0.25) is 0 Å². The van der Waals surface area contributed by atoms with E-state index in [4.69, 9.17) is 0 Å². The highest BCUT2D eigenvalue weighted by atomic mass is 15.3. The Morgan fingerprint density at radius 2 is 1.94 bits per heavy atom. The molecule has 1 heterocycles. The lowest BCUT2D eigenvalue weighted by Crippen LogP contribution is -2.59. The van der Waals surface area contributed by atoms with Crippen LogP contribution in [-0.4, -0.2) is 61.7 Å². The van der Waals surface area contributed by atoms with Crippen molar-refractivity contribution in [2.24, 2.45) is 0 Å². The summed E-state index contributed by atoms with van der Waals surface area (Å²) in [7, 11) is 2.03. The fourth-order valence-electron chi connectivity index (χ4n) is 2.52. The molecule has 96 valence electrons. The molecule has 0 saturated carbocycles. The van der Waals surface area contributed by atoms with Crippen LogP contribution in [0.5, 0.6) is 0 Å². The van der Waals surface area contributed by atoms with Gasteiger partial charge >= 0.3 is 0 Å².